The summed E-state index contributed by atoms with van der Waals surface area (Å²) in [6.07, 6.45) is 2.68. The van der Waals surface area contributed by atoms with E-state index in [1.54, 1.807) is 10.6 Å². The zero-order valence-corrected chi connectivity index (χ0v) is 9.89. The standard InChI is InChI=1S/C14H16N2O/c1-11-6-8-16(14(17)10-11)9-7-12-2-4-13(15)5-3-12/h2-6,8,10H,7,9,15H2,1H3. The van der Waals surface area contributed by atoms with Crippen LogP contribution in [0.5, 0.6) is 0 Å². The van der Waals surface area contributed by atoms with E-state index in [1.807, 2.05) is 43.5 Å². The summed E-state index contributed by atoms with van der Waals surface area (Å²) in [7, 11) is 0. The first-order valence-electron chi connectivity index (χ1n) is 5.67. The molecule has 0 saturated heterocycles. The predicted molar refractivity (Wildman–Crippen MR) is 70.0 cm³/mol. The molecular weight excluding hydrogens is 212 g/mol. The van der Waals surface area contributed by atoms with Gasteiger partial charge in [-0.2, -0.15) is 0 Å². The molecule has 17 heavy (non-hydrogen) atoms. The van der Waals surface area contributed by atoms with Gasteiger partial charge in [-0.15, -0.1) is 0 Å². The Balaban J connectivity index is 2.07. The molecule has 2 aromatic rings. The molecule has 3 nitrogen and oxygen atoms in total. The number of anilines is 1. The average Bonchev–Trinajstić information content (AvgIpc) is 2.30. The summed E-state index contributed by atoms with van der Waals surface area (Å²) in [6.45, 7) is 2.62. The lowest BCUT2D eigenvalue weighted by Crippen LogP contribution is -2.19. The Morgan fingerprint density at radius 3 is 2.53 bits per heavy atom. The van der Waals surface area contributed by atoms with Gasteiger partial charge in [0.25, 0.3) is 5.56 Å². The zero-order chi connectivity index (χ0) is 12.3. The maximum atomic E-state index is 11.7. The molecule has 0 unspecified atom stereocenters. The molecule has 0 fully saturated rings. The molecule has 2 rings (SSSR count). The average molecular weight is 228 g/mol. The van der Waals surface area contributed by atoms with Gasteiger partial charge in [-0.3, -0.25) is 4.79 Å². The van der Waals surface area contributed by atoms with Crippen LogP contribution in [0.2, 0.25) is 0 Å². The van der Waals surface area contributed by atoms with Crippen LogP contribution in [0.1, 0.15) is 11.1 Å². The van der Waals surface area contributed by atoms with Crippen LogP contribution in [0.3, 0.4) is 0 Å². The Morgan fingerprint density at radius 1 is 1.18 bits per heavy atom. The molecule has 0 aliphatic rings. The SMILES string of the molecule is Cc1ccn(CCc2ccc(N)cc2)c(=O)c1. The van der Waals surface area contributed by atoms with Crippen molar-refractivity contribution >= 4 is 5.69 Å². The number of aryl methyl sites for hydroxylation is 3. The molecule has 1 heterocycles. The number of aromatic nitrogens is 1. The first kappa shape index (κ1) is 11.5. The summed E-state index contributed by atoms with van der Waals surface area (Å²) >= 11 is 0. The van der Waals surface area contributed by atoms with Crippen LogP contribution in [-0.2, 0) is 13.0 Å². The second-order valence-electron chi connectivity index (χ2n) is 4.23. The van der Waals surface area contributed by atoms with Crippen molar-refractivity contribution in [1.29, 1.82) is 0 Å². The van der Waals surface area contributed by atoms with Crippen molar-refractivity contribution in [2.24, 2.45) is 0 Å². The quantitative estimate of drug-likeness (QED) is 0.817. The number of benzene rings is 1. The molecule has 1 aromatic carbocycles. The predicted octanol–water partition coefficient (Wildman–Crippen LogP) is 1.98. The molecule has 0 radical (unpaired) electrons. The molecule has 0 aliphatic heterocycles. The Morgan fingerprint density at radius 2 is 1.88 bits per heavy atom. The van der Waals surface area contributed by atoms with Crippen LogP contribution < -0.4 is 11.3 Å². The highest BCUT2D eigenvalue weighted by Crippen LogP contribution is 2.06. The van der Waals surface area contributed by atoms with Crippen LogP contribution in [0.4, 0.5) is 5.69 Å². The van der Waals surface area contributed by atoms with Crippen molar-refractivity contribution in [3.05, 3.63) is 64.1 Å². The summed E-state index contributed by atoms with van der Waals surface area (Å²) in [4.78, 5) is 11.7. The van der Waals surface area contributed by atoms with Gasteiger partial charge in [-0.1, -0.05) is 12.1 Å². The van der Waals surface area contributed by atoms with Gasteiger partial charge in [-0.25, -0.2) is 0 Å². The van der Waals surface area contributed by atoms with Crippen LogP contribution >= 0.6 is 0 Å². The fourth-order valence-electron chi connectivity index (χ4n) is 1.73. The maximum absolute atomic E-state index is 11.7. The molecule has 0 atom stereocenters. The number of pyridine rings is 1. The Labute approximate surface area is 101 Å². The Bertz CT molecular complexity index is 555. The summed E-state index contributed by atoms with van der Waals surface area (Å²) < 4.78 is 1.73. The minimum atomic E-state index is 0.0560. The molecule has 1 aromatic heterocycles. The molecule has 88 valence electrons. The van der Waals surface area contributed by atoms with Gasteiger partial charge in [0.15, 0.2) is 0 Å². The largest absolute Gasteiger partial charge is 0.399 e. The summed E-state index contributed by atoms with van der Waals surface area (Å²) in [6, 6.07) is 11.4. The van der Waals surface area contributed by atoms with Gasteiger partial charge in [-0.05, 0) is 42.7 Å². The second-order valence-corrected chi connectivity index (χ2v) is 4.23. The Kier molecular flexibility index (Phi) is 3.28. The fourth-order valence-corrected chi connectivity index (χ4v) is 1.73. The minimum absolute atomic E-state index is 0.0560. The summed E-state index contributed by atoms with van der Waals surface area (Å²) in [5.41, 5.74) is 8.63. The number of nitrogens with zero attached hydrogens (tertiary/aromatic N) is 1. The van der Waals surface area contributed by atoms with E-state index in [0.717, 1.165) is 17.7 Å². The number of nitrogen functional groups attached to an aromatic ring is 1. The van der Waals surface area contributed by atoms with Crippen LogP contribution in [0, 0.1) is 6.92 Å². The highest BCUT2D eigenvalue weighted by atomic mass is 16.1. The van der Waals surface area contributed by atoms with Gasteiger partial charge in [0, 0.05) is 24.5 Å². The lowest BCUT2D eigenvalue weighted by atomic mass is 10.1. The summed E-state index contributed by atoms with van der Waals surface area (Å²) in [5, 5.41) is 0. The van der Waals surface area contributed by atoms with Gasteiger partial charge in [0.05, 0.1) is 0 Å². The topological polar surface area (TPSA) is 48.0 Å². The van der Waals surface area contributed by atoms with Gasteiger partial charge in [0.2, 0.25) is 0 Å². The smallest absolute Gasteiger partial charge is 0.250 e. The number of nitrogens with two attached hydrogens (primary N) is 1. The molecule has 3 heteroatoms. The van der Waals surface area contributed by atoms with E-state index in [4.69, 9.17) is 5.73 Å². The molecule has 0 aliphatic carbocycles. The Hall–Kier alpha value is -2.03. The number of hydrogen-bond acceptors (Lipinski definition) is 2. The van der Waals surface area contributed by atoms with E-state index in [1.165, 1.54) is 5.56 Å². The van der Waals surface area contributed by atoms with E-state index >= 15 is 0 Å². The van der Waals surface area contributed by atoms with Crippen LogP contribution in [-0.4, -0.2) is 4.57 Å². The van der Waals surface area contributed by atoms with Crippen molar-refractivity contribution < 1.29 is 0 Å². The van der Waals surface area contributed by atoms with Crippen LogP contribution in [0.15, 0.2) is 47.4 Å². The van der Waals surface area contributed by atoms with E-state index in [0.29, 0.717) is 6.54 Å². The van der Waals surface area contributed by atoms with Crippen LogP contribution in [0.25, 0.3) is 0 Å². The third-order valence-electron chi connectivity index (χ3n) is 2.77. The second kappa shape index (κ2) is 4.87. The van der Waals surface area contributed by atoms with E-state index in [2.05, 4.69) is 0 Å². The van der Waals surface area contributed by atoms with Gasteiger partial charge < -0.3 is 10.3 Å². The van der Waals surface area contributed by atoms with E-state index < -0.39 is 0 Å². The molecule has 0 saturated carbocycles. The number of rotatable bonds is 3. The lowest BCUT2D eigenvalue weighted by Gasteiger charge is -2.06. The maximum Gasteiger partial charge on any atom is 0.250 e. The van der Waals surface area contributed by atoms with Crippen molar-refractivity contribution in [3.8, 4) is 0 Å². The monoisotopic (exact) mass is 228 g/mol. The fraction of sp³-hybridized carbons (Fsp3) is 0.214. The highest BCUT2D eigenvalue weighted by Gasteiger charge is 1.97. The normalized spacial score (nSPS) is 10.4. The lowest BCUT2D eigenvalue weighted by molar-refractivity contribution is 0.668. The first-order chi connectivity index (χ1) is 8.15. The van der Waals surface area contributed by atoms with Crippen molar-refractivity contribution in [2.45, 2.75) is 19.9 Å². The van der Waals surface area contributed by atoms with Crippen molar-refractivity contribution in [3.63, 3.8) is 0 Å². The van der Waals surface area contributed by atoms with Gasteiger partial charge in [0.1, 0.15) is 0 Å². The highest BCUT2D eigenvalue weighted by molar-refractivity contribution is 5.39. The zero-order valence-electron chi connectivity index (χ0n) is 9.89. The third kappa shape index (κ3) is 2.97. The van der Waals surface area contributed by atoms with E-state index in [-0.39, 0.29) is 5.56 Å². The first-order valence-corrected chi connectivity index (χ1v) is 5.67. The van der Waals surface area contributed by atoms with Crippen molar-refractivity contribution in [1.82, 2.24) is 4.57 Å². The van der Waals surface area contributed by atoms with Gasteiger partial charge >= 0.3 is 0 Å². The molecule has 0 amide bonds. The molecule has 2 N–H and O–H groups in total. The molecular formula is C14H16N2O. The molecule has 0 spiro atoms. The minimum Gasteiger partial charge on any atom is -0.399 e. The van der Waals surface area contributed by atoms with Crippen molar-refractivity contribution in [2.75, 3.05) is 5.73 Å². The number of hydrogen-bond donors (Lipinski definition) is 1. The molecule has 0 bridgehead atoms. The third-order valence-corrected chi connectivity index (χ3v) is 2.77. The van der Waals surface area contributed by atoms with E-state index in [9.17, 15) is 4.79 Å². The summed E-state index contributed by atoms with van der Waals surface area (Å²) in [5.74, 6) is 0.